The van der Waals surface area contributed by atoms with Gasteiger partial charge in [-0.3, -0.25) is 4.79 Å². The molecule has 0 atom stereocenters. The molecule has 0 saturated carbocycles. The number of nitrogens with one attached hydrogen (secondary N) is 1. The quantitative estimate of drug-likeness (QED) is 0.845. The summed E-state index contributed by atoms with van der Waals surface area (Å²) in [7, 11) is 0. The Morgan fingerprint density at radius 3 is 2.56 bits per heavy atom. The van der Waals surface area contributed by atoms with E-state index in [0.717, 1.165) is 22.2 Å². The van der Waals surface area contributed by atoms with Crippen molar-refractivity contribution in [2.24, 2.45) is 0 Å². The van der Waals surface area contributed by atoms with Crippen LogP contribution in [-0.2, 0) is 0 Å². The molecule has 86 valence electrons. The van der Waals surface area contributed by atoms with E-state index in [-0.39, 0.29) is 5.91 Å². The fourth-order valence-electron chi connectivity index (χ4n) is 1.25. The predicted octanol–water partition coefficient (Wildman–Crippen LogP) is 3.35. The number of hydrogen-bond acceptors (Lipinski definition) is 2. The third kappa shape index (κ3) is 4.41. The first kappa shape index (κ1) is 13.3. The minimum atomic E-state index is -0.0778. The molecule has 0 spiro atoms. The number of amides is 1. The van der Waals surface area contributed by atoms with Crippen LogP contribution in [0.3, 0.4) is 0 Å². The fourth-order valence-corrected chi connectivity index (χ4v) is 1.79. The smallest absolute Gasteiger partial charge is 0.251 e. The molecule has 1 aromatic rings. The molecule has 0 heterocycles. The largest absolute Gasteiger partial charge is 0.347 e. The molecule has 0 unspecified atom stereocenters. The van der Waals surface area contributed by atoms with E-state index >= 15 is 0 Å². The van der Waals surface area contributed by atoms with Crippen LogP contribution in [0, 0.1) is 0 Å². The van der Waals surface area contributed by atoms with Crippen molar-refractivity contribution in [2.45, 2.75) is 19.8 Å². The minimum Gasteiger partial charge on any atom is -0.347 e. The van der Waals surface area contributed by atoms with Crippen molar-refractivity contribution in [1.82, 2.24) is 5.32 Å². The molecular weight excluding hydrogens is 286 g/mol. The Bertz CT molecular complexity index is 375. The van der Waals surface area contributed by atoms with Crippen LogP contribution in [0.25, 0.3) is 0 Å². The Labute approximate surface area is 110 Å². The number of benzene rings is 1. The lowest BCUT2D eigenvalue weighted by molar-refractivity contribution is 0.0959. The molecule has 0 aliphatic heterocycles. The summed E-state index contributed by atoms with van der Waals surface area (Å²) in [5.41, 5.74) is 0.655. The maximum absolute atomic E-state index is 11.7. The van der Waals surface area contributed by atoms with Gasteiger partial charge in [-0.05, 0) is 30.7 Å². The van der Waals surface area contributed by atoms with Gasteiger partial charge in [0.25, 0.3) is 5.91 Å². The molecular formula is C12H14BrNOS. The maximum Gasteiger partial charge on any atom is 0.251 e. The van der Waals surface area contributed by atoms with Crippen molar-refractivity contribution in [1.29, 1.82) is 0 Å². The minimum absolute atomic E-state index is 0.0778. The lowest BCUT2D eigenvalue weighted by atomic mass is 10.2. The van der Waals surface area contributed by atoms with Crippen molar-refractivity contribution >= 4 is 38.9 Å². The SMILES string of the molecule is CCCC(=S)CNC(=O)c1ccc(Br)cc1. The molecule has 0 fully saturated rings. The number of carbonyl (C=O) groups excluding carboxylic acids is 1. The first-order valence-electron chi connectivity index (χ1n) is 5.19. The summed E-state index contributed by atoms with van der Waals surface area (Å²) in [6.07, 6.45) is 1.91. The van der Waals surface area contributed by atoms with Gasteiger partial charge >= 0.3 is 0 Å². The van der Waals surface area contributed by atoms with Crippen LogP contribution >= 0.6 is 28.1 Å². The van der Waals surface area contributed by atoms with Gasteiger partial charge in [0.15, 0.2) is 0 Å². The summed E-state index contributed by atoms with van der Waals surface area (Å²) in [6.45, 7) is 2.56. The highest BCUT2D eigenvalue weighted by Gasteiger charge is 2.05. The van der Waals surface area contributed by atoms with E-state index in [0.29, 0.717) is 12.1 Å². The Kier molecular flexibility index (Phi) is 5.63. The van der Waals surface area contributed by atoms with Crippen LogP contribution in [0.4, 0.5) is 0 Å². The van der Waals surface area contributed by atoms with Gasteiger partial charge in [0.05, 0.1) is 0 Å². The van der Waals surface area contributed by atoms with Crippen LogP contribution in [0.15, 0.2) is 28.7 Å². The van der Waals surface area contributed by atoms with E-state index < -0.39 is 0 Å². The summed E-state index contributed by atoms with van der Waals surface area (Å²) in [5.74, 6) is -0.0778. The van der Waals surface area contributed by atoms with Gasteiger partial charge in [-0.15, -0.1) is 0 Å². The number of thiocarbonyl (C=S) groups is 1. The monoisotopic (exact) mass is 299 g/mol. The van der Waals surface area contributed by atoms with E-state index in [4.69, 9.17) is 12.2 Å². The van der Waals surface area contributed by atoms with Gasteiger partial charge in [-0.2, -0.15) is 0 Å². The first-order chi connectivity index (χ1) is 7.63. The molecule has 16 heavy (non-hydrogen) atoms. The second-order valence-corrected chi connectivity index (χ2v) is 4.97. The Hall–Kier alpha value is -0.740. The summed E-state index contributed by atoms with van der Waals surface area (Å²) in [6, 6.07) is 7.25. The average molecular weight is 300 g/mol. The Morgan fingerprint density at radius 1 is 1.38 bits per heavy atom. The molecule has 2 nitrogen and oxygen atoms in total. The third-order valence-electron chi connectivity index (χ3n) is 2.08. The van der Waals surface area contributed by atoms with Gasteiger partial charge in [-0.25, -0.2) is 0 Å². The zero-order valence-corrected chi connectivity index (χ0v) is 11.5. The summed E-state index contributed by atoms with van der Waals surface area (Å²) in [5, 5.41) is 2.81. The second-order valence-electron chi connectivity index (χ2n) is 3.48. The standard InChI is InChI=1S/C12H14BrNOS/c1-2-3-11(16)8-14-12(15)9-4-6-10(13)7-5-9/h4-7H,2-3,8H2,1H3,(H,14,15). The van der Waals surface area contributed by atoms with E-state index in [1.165, 1.54) is 0 Å². The third-order valence-corrected chi connectivity index (χ3v) is 2.96. The van der Waals surface area contributed by atoms with Gasteiger partial charge in [0.1, 0.15) is 0 Å². The molecule has 1 rings (SSSR count). The van der Waals surface area contributed by atoms with Crippen LogP contribution < -0.4 is 5.32 Å². The van der Waals surface area contributed by atoms with Crippen molar-refractivity contribution in [3.63, 3.8) is 0 Å². The topological polar surface area (TPSA) is 29.1 Å². The average Bonchev–Trinajstić information content (AvgIpc) is 2.27. The predicted molar refractivity (Wildman–Crippen MR) is 74.0 cm³/mol. The van der Waals surface area contributed by atoms with Crippen LogP contribution in [0.2, 0.25) is 0 Å². The second kappa shape index (κ2) is 6.76. The lowest BCUT2D eigenvalue weighted by Crippen LogP contribution is -2.28. The van der Waals surface area contributed by atoms with Gasteiger partial charge in [-0.1, -0.05) is 41.5 Å². The highest BCUT2D eigenvalue weighted by molar-refractivity contribution is 9.10. The van der Waals surface area contributed by atoms with E-state index in [1.54, 1.807) is 12.1 Å². The van der Waals surface area contributed by atoms with Crippen LogP contribution in [0.5, 0.6) is 0 Å². The molecule has 0 aliphatic carbocycles. The maximum atomic E-state index is 11.7. The van der Waals surface area contributed by atoms with E-state index in [1.807, 2.05) is 12.1 Å². The molecule has 4 heteroatoms. The molecule has 0 aliphatic rings. The van der Waals surface area contributed by atoms with E-state index in [2.05, 4.69) is 28.2 Å². The molecule has 1 N–H and O–H groups in total. The van der Waals surface area contributed by atoms with Crippen molar-refractivity contribution in [3.05, 3.63) is 34.3 Å². The summed E-state index contributed by atoms with van der Waals surface area (Å²) < 4.78 is 0.963. The number of rotatable bonds is 5. The molecule has 0 bridgehead atoms. The van der Waals surface area contributed by atoms with Crippen molar-refractivity contribution in [2.75, 3.05) is 6.54 Å². The normalized spacial score (nSPS) is 9.88. The van der Waals surface area contributed by atoms with Gasteiger partial charge < -0.3 is 5.32 Å². The summed E-state index contributed by atoms with van der Waals surface area (Å²) >= 11 is 8.44. The first-order valence-corrected chi connectivity index (χ1v) is 6.39. The van der Waals surface area contributed by atoms with Crippen molar-refractivity contribution in [3.8, 4) is 0 Å². The molecule has 1 amide bonds. The molecule has 0 radical (unpaired) electrons. The zero-order valence-electron chi connectivity index (χ0n) is 9.13. The fraction of sp³-hybridized carbons (Fsp3) is 0.333. The zero-order chi connectivity index (χ0) is 12.0. The lowest BCUT2D eigenvalue weighted by Gasteiger charge is -2.05. The number of hydrogen-bond donors (Lipinski definition) is 1. The molecule has 1 aromatic carbocycles. The highest BCUT2D eigenvalue weighted by Crippen LogP contribution is 2.10. The number of halogens is 1. The highest BCUT2D eigenvalue weighted by atomic mass is 79.9. The van der Waals surface area contributed by atoms with Crippen LogP contribution in [0.1, 0.15) is 30.1 Å². The molecule has 0 saturated heterocycles. The Balaban J connectivity index is 2.47. The van der Waals surface area contributed by atoms with Crippen LogP contribution in [-0.4, -0.2) is 17.3 Å². The summed E-state index contributed by atoms with van der Waals surface area (Å²) in [4.78, 5) is 12.6. The van der Waals surface area contributed by atoms with E-state index in [9.17, 15) is 4.79 Å². The van der Waals surface area contributed by atoms with Gasteiger partial charge in [0.2, 0.25) is 0 Å². The molecule has 0 aromatic heterocycles. The van der Waals surface area contributed by atoms with Crippen molar-refractivity contribution < 1.29 is 4.79 Å². The van der Waals surface area contributed by atoms with Gasteiger partial charge in [0, 0.05) is 21.4 Å². The number of carbonyl (C=O) groups is 1. The Morgan fingerprint density at radius 2 is 2.00 bits per heavy atom.